The topological polar surface area (TPSA) is 79.0 Å². The molecule has 1 atom stereocenters. The average Bonchev–Trinajstić information content (AvgIpc) is 3.34. The fourth-order valence-electron chi connectivity index (χ4n) is 5.59. The highest BCUT2D eigenvalue weighted by Crippen LogP contribution is 2.34. The molecule has 8 nitrogen and oxygen atoms in total. The van der Waals surface area contributed by atoms with Gasteiger partial charge < -0.3 is 25.0 Å². The number of hydrogen-bond acceptors (Lipinski definition) is 8. The Morgan fingerprint density at radius 3 is 2.64 bits per heavy atom. The molecule has 1 unspecified atom stereocenters. The van der Waals surface area contributed by atoms with Gasteiger partial charge in [-0.3, -0.25) is 9.69 Å². The first-order chi connectivity index (χ1) is 18.9. The van der Waals surface area contributed by atoms with Crippen LogP contribution in [0.5, 0.6) is 0 Å². The predicted octanol–water partition coefficient (Wildman–Crippen LogP) is 4.23. The van der Waals surface area contributed by atoms with E-state index in [0.717, 1.165) is 79.3 Å². The van der Waals surface area contributed by atoms with Crippen LogP contribution in [0.4, 0.5) is 16.5 Å². The van der Waals surface area contributed by atoms with Gasteiger partial charge in [-0.1, -0.05) is 35.6 Å². The number of anilines is 3. The van der Waals surface area contributed by atoms with E-state index in [1.54, 1.807) is 0 Å². The Balaban J connectivity index is 1.12. The van der Waals surface area contributed by atoms with E-state index in [9.17, 15) is 4.79 Å². The summed E-state index contributed by atoms with van der Waals surface area (Å²) in [6.45, 7) is 10.8. The number of benzene rings is 2. The van der Waals surface area contributed by atoms with E-state index in [2.05, 4.69) is 69.0 Å². The largest absolute Gasteiger partial charge is 0.379 e. The van der Waals surface area contributed by atoms with Gasteiger partial charge in [-0.2, -0.15) is 0 Å². The summed E-state index contributed by atoms with van der Waals surface area (Å²) in [5, 5.41) is 7.59. The molecule has 3 aromatic rings. The van der Waals surface area contributed by atoms with Crippen LogP contribution in [0.25, 0.3) is 0 Å². The molecule has 39 heavy (non-hydrogen) atoms. The first-order valence-corrected chi connectivity index (χ1v) is 14.7. The van der Waals surface area contributed by atoms with Crippen molar-refractivity contribution < 1.29 is 14.3 Å². The quantitative estimate of drug-likeness (QED) is 0.458. The van der Waals surface area contributed by atoms with Gasteiger partial charge in [0.15, 0.2) is 5.13 Å². The van der Waals surface area contributed by atoms with Gasteiger partial charge in [0.05, 0.1) is 38.2 Å². The van der Waals surface area contributed by atoms with Gasteiger partial charge in [-0.15, -0.1) is 0 Å². The molecular weight excluding hydrogens is 510 g/mol. The van der Waals surface area contributed by atoms with Crippen LogP contribution < -0.4 is 15.5 Å². The fraction of sp³-hybridized carbons (Fsp3) is 0.467. The Morgan fingerprint density at radius 1 is 1.03 bits per heavy atom. The van der Waals surface area contributed by atoms with Gasteiger partial charge in [0, 0.05) is 49.5 Å². The van der Waals surface area contributed by atoms with Crippen LogP contribution >= 0.6 is 11.3 Å². The molecule has 0 saturated carbocycles. The van der Waals surface area contributed by atoms with Gasteiger partial charge in [0.25, 0.3) is 5.91 Å². The number of carbonyl (C=O) groups is 1. The van der Waals surface area contributed by atoms with Crippen LogP contribution in [0.15, 0.2) is 48.5 Å². The lowest BCUT2D eigenvalue weighted by Crippen LogP contribution is -2.48. The van der Waals surface area contributed by atoms with Crippen LogP contribution in [0.2, 0.25) is 0 Å². The van der Waals surface area contributed by atoms with Gasteiger partial charge in [0.1, 0.15) is 4.88 Å². The van der Waals surface area contributed by atoms with Crippen molar-refractivity contribution in [1.82, 2.24) is 15.2 Å². The summed E-state index contributed by atoms with van der Waals surface area (Å²) in [6, 6.07) is 17.5. The molecule has 9 heteroatoms. The van der Waals surface area contributed by atoms with Crippen molar-refractivity contribution >= 4 is 33.8 Å². The number of hydrogen-bond donors (Lipinski definition) is 2. The third-order valence-corrected chi connectivity index (χ3v) is 8.71. The fourth-order valence-corrected chi connectivity index (χ4v) is 6.66. The van der Waals surface area contributed by atoms with E-state index >= 15 is 0 Å². The van der Waals surface area contributed by atoms with Crippen molar-refractivity contribution in [3.63, 3.8) is 0 Å². The maximum absolute atomic E-state index is 12.7. The van der Waals surface area contributed by atoms with Crippen molar-refractivity contribution in [2.45, 2.75) is 44.8 Å². The highest BCUT2D eigenvalue weighted by Gasteiger charge is 2.35. The third kappa shape index (κ3) is 6.27. The summed E-state index contributed by atoms with van der Waals surface area (Å²) in [4.78, 5) is 23.1. The zero-order valence-electron chi connectivity index (χ0n) is 22.7. The highest BCUT2D eigenvalue weighted by atomic mass is 32.1. The monoisotopic (exact) mass is 547 g/mol. The van der Waals surface area contributed by atoms with Crippen molar-refractivity contribution in [3.05, 3.63) is 70.2 Å². The summed E-state index contributed by atoms with van der Waals surface area (Å²) in [6.07, 6.45) is 1.59. The number of aromatic nitrogens is 1. The Morgan fingerprint density at radius 2 is 1.82 bits per heavy atom. The summed E-state index contributed by atoms with van der Waals surface area (Å²) in [5.41, 5.74) is 5.35. The van der Waals surface area contributed by atoms with Crippen molar-refractivity contribution in [2.24, 2.45) is 0 Å². The van der Waals surface area contributed by atoms with Crippen molar-refractivity contribution in [1.29, 1.82) is 0 Å². The standard InChI is InChI=1S/C30H37N5O3S/c1-30(2)18-26-27(28(36)33-30)39-29(32-26)35-12-15-38-20-25(35)17-22-4-3-5-24(16-22)31-23-8-6-21(7-9-23)19-34-10-13-37-14-11-34/h3-9,16,25,31H,10-15,17-20H2,1-2H3,(H,33,36). The van der Waals surface area contributed by atoms with Gasteiger partial charge in [-0.25, -0.2) is 4.98 Å². The first-order valence-electron chi connectivity index (χ1n) is 13.8. The number of rotatable bonds is 7. The Hall–Kier alpha value is -2.98. The van der Waals surface area contributed by atoms with Gasteiger partial charge in [0.2, 0.25) is 0 Å². The smallest absolute Gasteiger partial charge is 0.263 e. The molecule has 2 saturated heterocycles. The number of amides is 1. The molecule has 3 aliphatic heterocycles. The molecule has 6 rings (SSSR count). The molecule has 0 bridgehead atoms. The predicted molar refractivity (Wildman–Crippen MR) is 155 cm³/mol. The van der Waals surface area contributed by atoms with E-state index < -0.39 is 0 Å². The molecular formula is C30H37N5O3S. The van der Waals surface area contributed by atoms with E-state index in [1.165, 1.54) is 22.5 Å². The highest BCUT2D eigenvalue weighted by molar-refractivity contribution is 7.17. The minimum absolute atomic E-state index is 0.0114. The maximum Gasteiger partial charge on any atom is 0.263 e. The lowest BCUT2D eigenvalue weighted by atomic mass is 9.94. The number of nitrogens with zero attached hydrogens (tertiary/aromatic N) is 3. The number of fused-ring (bicyclic) bond motifs is 1. The molecule has 3 aliphatic rings. The van der Waals surface area contributed by atoms with Gasteiger partial charge >= 0.3 is 0 Å². The van der Waals surface area contributed by atoms with Crippen LogP contribution in [0.3, 0.4) is 0 Å². The molecule has 2 N–H and O–H groups in total. The molecule has 0 radical (unpaired) electrons. The van der Waals surface area contributed by atoms with Crippen molar-refractivity contribution in [3.8, 4) is 0 Å². The molecule has 2 aromatic carbocycles. The lowest BCUT2D eigenvalue weighted by molar-refractivity contribution is 0.0342. The van der Waals surface area contributed by atoms with Crippen LogP contribution in [0, 0.1) is 0 Å². The molecule has 1 aromatic heterocycles. The molecule has 0 aliphatic carbocycles. The number of carbonyl (C=O) groups excluding carboxylic acids is 1. The molecule has 0 spiro atoms. The average molecular weight is 548 g/mol. The maximum atomic E-state index is 12.7. The van der Waals surface area contributed by atoms with E-state index in [0.29, 0.717) is 13.2 Å². The second-order valence-electron chi connectivity index (χ2n) is 11.3. The Bertz CT molecular complexity index is 1300. The van der Waals surface area contributed by atoms with Crippen molar-refractivity contribution in [2.75, 3.05) is 56.3 Å². The zero-order valence-corrected chi connectivity index (χ0v) is 23.6. The minimum atomic E-state index is -0.268. The minimum Gasteiger partial charge on any atom is -0.379 e. The van der Waals surface area contributed by atoms with Crippen LogP contribution in [-0.4, -0.2) is 73.4 Å². The summed E-state index contributed by atoms with van der Waals surface area (Å²) < 4.78 is 11.3. The van der Waals surface area contributed by atoms with E-state index in [-0.39, 0.29) is 17.5 Å². The molecule has 206 valence electrons. The molecule has 1 amide bonds. The number of thiazole rings is 1. The summed E-state index contributed by atoms with van der Waals surface area (Å²) >= 11 is 1.51. The summed E-state index contributed by atoms with van der Waals surface area (Å²) in [5.74, 6) is -0.0114. The third-order valence-electron chi connectivity index (χ3n) is 7.58. The van der Waals surface area contributed by atoms with E-state index in [4.69, 9.17) is 14.5 Å². The number of ether oxygens (including phenoxy) is 2. The second-order valence-corrected chi connectivity index (χ2v) is 12.3. The molecule has 4 heterocycles. The lowest BCUT2D eigenvalue weighted by Gasteiger charge is -2.35. The first kappa shape index (κ1) is 26.3. The number of nitrogens with one attached hydrogen (secondary N) is 2. The normalized spacial score (nSPS) is 21.3. The zero-order chi connectivity index (χ0) is 26.8. The molecule has 2 fully saturated rings. The van der Waals surface area contributed by atoms with Crippen LogP contribution in [0.1, 0.15) is 40.3 Å². The Labute approximate surface area is 234 Å². The SMILES string of the molecule is CC1(C)Cc2nc(N3CCOCC3Cc3cccc(Nc4ccc(CN5CCOCC5)cc4)c3)sc2C(=O)N1. The van der Waals surface area contributed by atoms with Gasteiger partial charge in [-0.05, 0) is 55.7 Å². The second kappa shape index (κ2) is 11.3. The Kier molecular flexibility index (Phi) is 7.57. The summed E-state index contributed by atoms with van der Waals surface area (Å²) in [7, 11) is 0. The van der Waals surface area contributed by atoms with E-state index in [1.807, 2.05) is 13.8 Å². The number of morpholine rings is 2. The van der Waals surface area contributed by atoms with Crippen LogP contribution in [-0.2, 0) is 28.9 Å².